The molecule has 0 aliphatic rings. The molecule has 1 aromatic carbocycles. The number of hydrogen-bond acceptors (Lipinski definition) is 3. The lowest BCUT2D eigenvalue weighted by molar-refractivity contribution is 1.05. The van der Waals surface area contributed by atoms with Crippen LogP contribution in [0.5, 0.6) is 0 Å². The molecule has 0 bridgehead atoms. The molecule has 1 aromatic heterocycles. The highest BCUT2D eigenvalue weighted by molar-refractivity contribution is 9.10. The van der Waals surface area contributed by atoms with Gasteiger partial charge in [0.15, 0.2) is 0 Å². The Bertz CT molecular complexity index is 497. The molecule has 0 aliphatic carbocycles. The molecular weight excluding hydrogens is 266 g/mol. The van der Waals surface area contributed by atoms with Gasteiger partial charge in [-0.3, -0.25) is 0 Å². The van der Waals surface area contributed by atoms with Gasteiger partial charge in [-0.25, -0.2) is 9.97 Å². The Kier molecular flexibility index (Phi) is 3.19. The maximum atomic E-state index is 4.45. The molecule has 0 spiro atoms. The molecule has 0 saturated carbocycles. The number of hydrogen-bond donors (Lipinski definition) is 1. The van der Waals surface area contributed by atoms with Crippen molar-refractivity contribution in [3.63, 3.8) is 0 Å². The second kappa shape index (κ2) is 4.61. The van der Waals surface area contributed by atoms with Crippen molar-refractivity contribution < 1.29 is 0 Å². The van der Waals surface area contributed by atoms with Gasteiger partial charge < -0.3 is 5.32 Å². The van der Waals surface area contributed by atoms with Crippen LogP contribution in [-0.2, 0) is 0 Å². The number of anilines is 1. The van der Waals surface area contributed by atoms with Crippen molar-refractivity contribution in [3.8, 4) is 11.3 Å². The van der Waals surface area contributed by atoms with E-state index in [-0.39, 0.29) is 0 Å². The van der Waals surface area contributed by atoms with Gasteiger partial charge in [-0.2, -0.15) is 0 Å². The summed E-state index contributed by atoms with van der Waals surface area (Å²) >= 11 is 3.52. The molecule has 0 unspecified atom stereocenters. The van der Waals surface area contributed by atoms with Crippen LogP contribution in [0.2, 0.25) is 0 Å². The van der Waals surface area contributed by atoms with Gasteiger partial charge in [-0.05, 0) is 22.9 Å². The first-order valence-electron chi connectivity index (χ1n) is 4.99. The fraction of sp³-hybridized carbons (Fsp3) is 0.167. The zero-order valence-corrected chi connectivity index (χ0v) is 10.7. The van der Waals surface area contributed by atoms with Crippen molar-refractivity contribution in [2.45, 2.75) is 6.92 Å². The van der Waals surface area contributed by atoms with E-state index in [1.54, 1.807) is 0 Å². The quantitative estimate of drug-likeness (QED) is 0.916. The monoisotopic (exact) mass is 277 g/mol. The fourth-order valence-electron chi connectivity index (χ4n) is 1.51. The van der Waals surface area contributed by atoms with E-state index >= 15 is 0 Å². The summed E-state index contributed by atoms with van der Waals surface area (Å²) in [6, 6.07) is 10.1. The summed E-state index contributed by atoms with van der Waals surface area (Å²) in [5.74, 6) is 1.57. The molecule has 0 aliphatic heterocycles. The molecule has 0 atom stereocenters. The van der Waals surface area contributed by atoms with Gasteiger partial charge in [0.25, 0.3) is 0 Å². The van der Waals surface area contributed by atoms with Crippen molar-refractivity contribution in [2.75, 3.05) is 12.4 Å². The lowest BCUT2D eigenvalue weighted by Crippen LogP contribution is -2.00. The number of nitrogens with one attached hydrogen (secondary N) is 1. The van der Waals surface area contributed by atoms with Crippen LogP contribution in [0.4, 0.5) is 5.82 Å². The molecule has 1 N–H and O–H groups in total. The van der Waals surface area contributed by atoms with E-state index in [9.17, 15) is 0 Å². The molecule has 2 rings (SSSR count). The summed E-state index contributed by atoms with van der Waals surface area (Å²) in [6.07, 6.45) is 0. The number of nitrogens with zero attached hydrogens (tertiary/aromatic N) is 2. The highest BCUT2D eigenvalue weighted by Gasteiger charge is 2.10. The summed E-state index contributed by atoms with van der Waals surface area (Å²) in [4.78, 5) is 8.76. The number of benzene rings is 1. The van der Waals surface area contributed by atoms with Crippen LogP contribution in [0.1, 0.15) is 5.82 Å². The van der Waals surface area contributed by atoms with E-state index in [4.69, 9.17) is 0 Å². The highest BCUT2D eigenvalue weighted by atomic mass is 79.9. The second-order valence-corrected chi connectivity index (χ2v) is 4.19. The average Bonchev–Trinajstić information content (AvgIpc) is 2.33. The van der Waals surface area contributed by atoms with Crippen LogP contribution in [0.3, 0.4) is 0 Å². The summed E-state index contributed by atoms with van der Waals surface area (Å²) in [5, 5.41) is 3.05. The van der Waals surface area contributed by atoms with Gasteiger partial charge in [-0.15, -0.1) is 0 Å². The summed E-state index contributed by atoms with van der Waals surface area (Å²) < 4.78 is 0.895. The van der Waals surface area contributed by atoms with E-state index < -0.39 is 0 Å². The first-order chi connectivity index (χ1) is 7.72. The Balaban J connectivity index is 2.61. The predicted octanol–water partition coefficient (Wildman–Crippen LogP) is 3.26. The Morgan fingerprint density at radius 1 is 1.12 bits per heavy atom. The maximum Gasteiger partial charge on any atom is 0.144 e. The van der Waals surface area contributed by atoms with E-state index in [1.807, 2.05) is 44.3 Å². The van der Waals surface area contributed by atoms with Crippen LogP contribution in [0.25, 0.3) is 11.3 Å². The fourth-order valence-corrected chi connectivity index (χ4v) is 2.12. The molecule has 0 radical (unpaired) electrons. The molecule has 0 fully saturated rings. The molecule has 82 valence electrons. The van der Waals surface area contributed by atoms with Crippen LogP contribution in [-0.4, -0.2) is 17.0 Å². The SMILES string of the molecule is CNc1nc(C)nc(-c2ccccc2)c1Br. The second-order valence-electron chi connectivity index (χ2n) is 3.40. The van der Waals surface area contributed by atoms with Gasteiger partial charge in [-0.1, -0.05) is 30.3 Å². The normalized spacial score (nSPS) is 10.2. The van der Waals surface area contributed by atoms with Crippen molar-refractivity contribution in [1.29, 1.82) is 0 Å². The lowest BCUT2D eigenvalue weighted by atomic mass is 10.1. The van der Waals surface area contributed by atoms with Gasteiger partial charge in [0.1, 0.15) is 11.6 Å². The predicted molar refractivity (Wildman–Crippen MR) is 69.5 cm³/mol. The van der Waals surface area contributed by atoms with Gasteiger partial charge >= 0.3 is 0 Å². The molecular formula is C12H12BrN3. The summed E-state index contributed by atoms with van der Waals surface area (Å²) in [6.45, 7) is 1.89. The first kappa shape index (κ1) is 11.1. The van der Waals surface area contributed by atoms with E-state index in [0.29, 0.717) is 0 Å². The minimum atomic E-state index is 0.756. The lowest BCUT2D eigenvalue weighted by Gasteiger charge is -2.09. The minimum Gasteiger partial charge on any atom is -0.372 e. The molecule has 0 amide bonds. The molecule has 0 saturated heterocycles. The van der Waals surface area contributed by atoms with E-state index in [1.165, 1.54) is 0 Å². The maximum absolute atomic E-state index is 4.45. The van der Waals surface area contributed by atoms with E-state index in [2.05, 4.69) is 31.2 Å². The Labute approximate surface area is 103 Å². The highest BCUT2D eigenvalue weighted by Crippen LogP contribution is 2.30. The molecule has 3 nitrogen and oxygen atoms in total. The average molecular weight is 278 g/mol. The van der Waals surface area contributed by atoms with Crippen molar-refractivity contribution in [1.82, 2.24) is 9.97 Å². The van der Waals surface area contributed by atoms with Gasteiger partial charge in [0.05, 0.1) is 10.2 Å². The molecule has 16 heavy (non-hydrogen) atoms. The number of rotatable bonds is 2. The van der Waals surface area contributed by atoms with Crippen molar-refractivity contribution in [3.05, 3.63) is 40.6 Å². The number of aryl methyl sites for hydroxylation is 1. The largest absolute Gasteiger partial charge is 0.372 e. The Morgan fingerprint density at radius 2 is 1.81 bits per heavy atom. The summed E-state index contributed by atoms with van der Waals surface area (Å²) in [7, 11) is 1.85. The topological polar surface area (TPSA) is 37.8 Å². The van der Waals surface area contributed by atoms with Crippen LogP contribution in [0, 0.1) is 6.92 Å². The third-order valence-corrected chi connectivity index (χ3v) is 3.00. The third-order valence-electron chi connectivity index (χ3n) is 2.25. The first-order valence-corrected chi connectivity index (χ1v) is 5.79. The zero-order valence-electron chi connectivity index (χ0n) is 9.16. The van der Waals surface area contributed by atoms with Crippen molar-refractivity contribution in [2.24, 2.45) is 0 Å². The number of aromatic nitrogens is 2. The van der Waals surface area contributed by atoms with Crippen LogP contribution >= 0.6 is 15.9 Å². The molecule has 2 aromatic rings. The third kappa shape index (κ3) is 2.07. The van der Waals surface area contributed by atoms with Gasteiger partial charge in [0.2, 0.25) is 0 Å². The molecule has 1 heterocycles. The number of halogens is 1. The standard InChI is InChI=1S/C12H12BrN3/c1-8-15-11(9-6-4-3-5-7-9)10(13)12(14-2)16-8/h3-7H,1-2H3,(H,14,15,16). The Hall–Kier alpha value is -1.42. The van der Waals surface area contributed by atoms with Gasteiger partial charge in [0, 0.05) is 12.6 Å². The smallest absolute Gasteiger partial charge is 0.144 e. The van der Waals surface area contributed by atoms with Crippen LogP contribution < -0.4 is 5.32 Å². The van der Waals surface area contributed by atoms with Crippen LogP contribution in [0.15, 0.2) is 34.8 Å². The molecule has 4 heteroatoms. The van der Waals surface area contributed by atoms with E-state index in [0.717, 1.165) is 27.4 Å². The zero-order chi connectivity index (χ0) is 11.5. The van der Waals surface area contributed by atoms with Crippen molar-refractivity contribution >= 4 is 21.7 Å². The Morgan fingerprint density at radius 3 is 2.44 bits per heavy atom. The minimum absolute atomic E-state index is 0.756. The summed E-state index contributed by atoms with van der Waals surface area (Å²) in [5.41, 5.74) is 1.99.